The number of carbonyl (C=O) groups is 1. The third kappa shape index (κ3) is 3.81. The molecule has 0 saturated heterocycles. The van der Waals surface area contributed by atoms with Crippen molar-refractivity contribution < 1.29 is 4.79 Å². The number of nitrogens with zero attached hydrogens (tertiary/aromatic N) is 3. The Bertz CT molecular complexity index is 1430. The molecular weight excluding hydrogens is 410 g/mol. The predicted molar refractivity (Wildman–Crippen MR) is 124 cm³/mol. The van der Waals surface area contributed by atoms with Crippen LogP contribution >= 0.6 is 11.6 Å². The van der Waals surface area contributed by atoms with Crippen LogP contribution in [0.5, 0.6) is 0 Å². The van der Waals surface area contributed by atoms with Crippen LogP contribution in [0.15, 0.2) is 79.0 Å². The highest BCUT2D eigenvalue weighted by Crippen LogP contribution is 2.22. The van der Waals surface area contributed by atoms with Crippen LogP contribution in [0.2, 0.25) is 5.02 Å². The summed E-state index contributed by atoms with van der Waals surface area (Å²) in [5, 5.41) is 3.51. The van der Waals surface area contributed by atoms with Gasteiger partial charge in [-0.3, -0.25) is 9.20 Å². The summed E-state index contributed by atoms with van der Waals surface area (Å²) in [7, 11) is 0. The van der Waals surface area contributed by atoms with Gasteiger partial charge in [0.05, 0.1) is 16.7 Å². The average Bonchev–Trinajstić information content (AvgIpc) is 3.14. The fourth-order valence-corrected chi connectivity index (χ4v) is 3.72. The molecule has 0 saturated carbocycles. The summed E-state index contributed by atoms with van der Waals surface area (Å²) in [6.45, 7) is 0. The number of fused-ring (bicyclic) bond motifs is 3. The number of amides is 1. The minimum Gasteiger partial charge on any atom is -0.381 e. The first-order chi connectivity index (χ1) is 15.1. The summed E-state index contributed by atoms with van der Waals surface area (Å²) in [5.74, 6) is 0.198. The van der Waals surface area contributed by atoms with Gasteiger partial charge in [-0.15, -0.1) is 0 Å². The third-order valence-electron chi connectivity index (χ3n) is 5.04. The van der Waals surface area contributed by atoms with Gasteiger partial charge in [0, 0.05) is 28.9 Å². The lowest BCUT2D eigenvalue weighted by atomic mass is 10.1. The second-order valence-corrected chi connectivity index (χ2v) is 7.69. The smallest absolute Gasteiger partial charge is 0.255 e. The van der Waals surface area contributed by atoms with Crippen molar-refractivity contribution in [1.29, 1.82) is 0 Å². The number of benzene rings is 3. The quantitative estimate of drug-likeness (QED) is 0.424. The molecule has 5 rings (SSSR count). The van der Waals surface area contributed by atoms with Gasteiger partial charge in [0.25, 0.3) is 5.91 Å². The highest BCUT2D eigenvalue weighted by atomic mass is 35.5. The molecule has 7 heteroatoms. The van der Waals surface area contributed by atoms with E-state index in [1.807, 2.05) is 59.1 Å². The van der Waals surface area contributed by atoms with Crippen LogP contribution in [0.3, 0.4) is 0 Å². The van der Waals surface area contributed by atoms with Crippen LogP contribution in [0.4, 0.5) is 11.5 Å². The number of rotatable bonds is 4. The average molecular weight is 428 g/mol. The van der Waals surface area contributed by atoms with E-state index in [1.165, 1.54) is 0 Å². The maximum absolute atomic E-state index is 12.5. The van der Waals surface area contributed by atoms with Crippen molar-refractivity contribution in [3.05, 3.63) is 101 Å². The molecule has 0 spiro atoms. The lowest BCUT2D eigenvalue weighted by molar-refractivity contribution is 0.102. The summed E-state index contributed by atoms with van der Waals surface area (Å²) in [4.78, 5) is 21.6. The fourth-order valence-electron chi connectivity index (χ4n) is 3.60. The largest absolute Gasteiger partial charge is 0.381 e. The van der Waals surface area contributed by atoms with Crippen molar-refractivity contribution in [2.24, 2.45) is 0 Å². The Morgan fingerprint density at radius 3 is 2.65 bits per heavy atom. The Morgan fingerprint density at radius 2 is 1.81 bits per heavy atom. The van der Waals surface area contributed by atoms with Crippen LogP contribution in [-0.4, -0.2) is 20.3 Å². The zero-order chi connectivity index (χ0) is 21.4. The zero-order valence-electron chi connectivity index (χ0n) is 16.4. The van der Waals surface area contributed by atoms with Crippen LogP contribution in [0, 0.1) is 0 Å². The van der Waals surface area contributed by atoms with Gasteiger partial charge in [0.1, 0.15) is 0 Å². The minimum atomic E-state index is -0.192. The summed E-state index contributed by atoms with van der Waals surface area (Å²) < 4.78 is 1.97. The van der Waals surface area contributed by atoms with Crippen LogP contribution in [0.1, 0.15) is 21.6 Å². The number of nitrogen functional groups attached to an aromatic ring is 1. The van der Waals surface area contributed by atoms with Gasteiger partial charge in [0.2, 0.25) is 0 Å². The van der Waals surface area contributed by atoms with Crippen molar-refractivity contribution in [2.45, 2.75) is 6.42 Å². The van der Waals surface area contributed by atoms with E-state index >= 15 is 0 Å². The van der Waals surface area contributed by atoms with Gasteiger partial charge in [-0.05, 0) is 54.1 Å². The molecule has 0 aliphatic heterocycles. The van der Waals surface area contributed by atoms with Gasteiger partial charge < -0.3 is 11.1 Å². The molecule has 6 nitrogen and oxygen atoms in total. The number of nitrogens with one attached hydrogen (secondary N) is 1. The maximum atomic E-state index is 12.5. The van der Waals surface area contributed by atoms with E-state index in [0.29, 0.717) is 34.2 Å². The SMILES string of the molecule is Nc1nc(Cc2cccc(NC(=O)c3ccc(Cl)cc3)c2)cn2c1nc1ccccc12. The Hall–Kier alpha value is -3.90. The van der Waals surface area contributed by atoms with E-state index in [9.17, 15) is 4.79 Å². The first-order valence-electron chi connectivity index (χ1n) is 9.75. The van der Waals surface area contributed by atoms with Gasteiger partial charge in [-0.25, -0.2) is 9.97 Å². The highest BCUT2D eigenvalue weighted by molar-refractivity contribution is 6.30. The van der Waals surface area contributed by atoms with Crippen molar-refractivity contribution in [3.63, 3.8) is 0 Å². The van der Waals surface area contributed by atoms with E-state index in [1.54, 1.807) is 24.3 Å². The monoisotopic (exact) mass is 427 g/mol. The summed E-state index contributed by atoms with van der Waals surface area (Å²) in [6.07, 6.45) is 2.53. The lowest BCUT2D eigenvalue weighted by Gasteiger charge is -2.09. The molecular formula is C24H18ClN5O. The molecule has 2 heterocycles. The molecule has 152 valence electrons. The predicted octanol–water partition coefficient (Wildman–Crippen LogP) is 4.96. The van der Waals surface area contributed by atoms with Crippen LogP contribution < -0.4 is 11.1 Å². The standard InChI is InChI=1S/C24H18ClN5O/c25-17-10-8-16(9-11-17)24(31)28-18-5-3-4-15(12-18)13-19-14-30-21-7-2-1-6-20(21)29-23(30)22(26)27-19/h1-12,14H,13H2,(H2,26,27)(H,28,31). The fraction of sp³-hybridized carbons (Fsp3) is 0.0417. The van der Waals surface area contributed by atoms with E-state index in [2.05, 4.69) is 15.3 Å². The van der Waals surface area contributed by atoms with Gasteiger partial charge in [0.15, 0.2) is 11.5 Å². The molecule has 0 bridgehead atoms. The number of hydrogen-bond acceptors (Lipinski definition) is 4. The van der Waals surface area contributed by atoms with Crippen molar-refractivity contribution >= 4 is 45.7 Å². The molecule has 31 heavy (non-hydrogen) atoms. The van der Waals surface area contributed by atoms with Crippen molar-refractivity contribution in [2.75, 3.05) is 11.1 Å². The molecule has 2 aromatic heterocycles. The van der Waals surface area contributed by atoms with Gasteiger partial charge in [-0.2, -0.15) is 0 Å². The normalized spacial score (nSPS) is 11.1. The number of carbonyl (C=O) groups excluding carboxylic acids is 1. The first kappa shape index (κ1) is 19.1. The minimum absolute atomic E-state index is 0.192. The zero-order valence-corrected chi connectivity index (χ0v) is 17.2. The third-order valence-corrected chi connectivity index (χ3v) is 5.30. The maximum Gasteiger partial charge on any atom is 0.255 e. The number of hydrogen-bond donors (Lipinski definition) is 2. The van der Waals surface area contributed by atoms with E-state index < -0.39 is 0 Å². The Balaban J connectivity index is 1.41. The lowest BCUT2D eigenvalue weighted by Crippen LogP contribution is -2.11. The molecule has 0 aliphatic rings. The molecule has 5 aromatic rings. The number of aromatic nitrogens is 3. The number of halogens is 1. The first-order valence-corrected chi connectivity index (χ1v) is 10.1. The Kier molecular flexibility index (Phi) is 4.76. The molecule has 0 radical (unpaired) electrons. The van der Waals surface area contributed by atoms with E-state index in [4.69, 9.17) is 17.3 Å². The number of anilines is 2. The second-order valence-electron chi connectivity index (χ2n) is 7.25. The molecule has 0 aliphatic carbocycles. The summed E-state index contributed by atoms with van der Waals surface area (Å²) in [6, 6.07) is 22.3. The molecule has 1 amide bonds. The Morgan fingerprint density at radius 1 is 1.00 bits per heavy atom. The Labute approximate surface area is 183 Å². The second kappa shape index (κ2) is 7.74. The topological polar surface area (TPSA) is 85.3 Å². The van der Waals surface area contributed by atoms with Crippen molar-refractivity contribution in [3.8, 4) is 0 Å². The molecule has 0 unspecified atom stereocenters. The van der Waals surface area contributed by atoms with Crippen molar-refractivity contribution in [1.82, 2.24) is 14.4 Å². The van der Waals surface area contributed by atoms with Crippen LogP contribution in [-0.2, 0) is 6.42 Å². The highest BCUT2D eigenvalue weighted by Gasteiger charge is 2.11. The number of para-hydroxylation sites is 2. The molecule has 3 N–H and O–H groups in total. The number of nitrogens with two attached hydrogens (primary N) is 1. The van der Waals surface area contributed by atoms with Gasteiger partial charge in [-0.1, -0.05) is 35.9 Å². The summed E-state index contributed by atoms with van der Waals surface area (Å²) >= 11 is 5.89. The van der Waals surface area contributed by atoms with E-state index in [0.717, 1.165) is 22.3 Å². The molecule has 0 atom stereocenters. The van der Waals surface area contributed by atoms with E-state index in [-0.39, 0.29) is 5.91 Å². The summed E-state index contributed by atoms with van der Waals surface area (Å²) in [5.41, 5.74) is 11.8. The number of imidazole rings is 1. The molecule has 3 aromatic carbocycles. The molecule has 0 fully saturated rings. The van der Waals surface area contributed by atoms with Crippen LogP contribution in [0.25, 0.3) is 16.7 Å². The van der Waals surface area contributed by atoms with Gasteiger partial charge >= 0.3 is 0 Å².